The minimum Gasteiger partial charge on any atom is -0.507 e. The van der Waals surface area contributed by atoms with E-state index in [0.29, 0.717) is 86.9 Å². The van der Waals surface area contributed by atoms with Gasteiger partial charge in [0.1, 0.15) is 91.0 Å². The van der Waals surface area contributed by atoms with Crippen LogP contribution in [0.25, 0.3) is 10.8 Å². The first-order valence-electron chi connectivity index (χ1n) is 45.8. The van der Waals surface area contributed by atoms with E-state index in [4.69, 9.17) is 18.9 Å². The molecule has 126 heavy (non-hydrogen) atoms. The van der Waals surface area contributed by atoms with Crippen LogP contribution in [-0.4, -0.2) is 86.6 Å². The van der Waals surface area contributed by atoms with E-state index in [1.54, 1.807) is 12.1 Å². The summed E-state index contributed by atoms with van der Waals surface area (Å²) in [5.74, 6) is 0.391. The Hall–Kier alpha value is -10.9. The number of carboxylic acids is 3. The zero-order valence-corrected chi connectivity index (χ0v) is 77.6. The summed E-state index contributed by atoms with van der Waals surface area (Å²) in [4.78, 5) is 48.4. The molecule has 3 heterocycles. The number of phenolic OH excluding ortho intramolecular Hbond substituents is 3. The fraction of sp³-hybridized carbons (Fsp3) is 0.468. The molecule has 0 saturated carbocycles. The van der Waals surface area contributed by atoms with Crippen LogP contribution in [0, 0.1) is 29.6 Å². The van der Waals surface area contributed by atoms with E-state index in [1.807, 2.05) is 102 Å². The maximum atomic E-state index is 13.3. The van der Waals surface area contributed by atoms with Gasteiger partial charge in [-0.05, 0) is 291 Å². The highest BCUT2D eigenvalue weighted by molar-refractivity contribution is 5.98. The van der Waals surface area contributed by atoms with Crippen LogP contribution in [0.4, 0.5) is 0 Å². The number of ether oxygens (including phenoxy) is 4. The lowest BCUT2D eigenvalue weighted by Gasteiger charge is -2.47. The molecule has 7 aromatic rings. The van der Waals surface area contributed by atoms with E-state index in [2.05, 4.69) is 133 Å². The summed E-state index contributed by atoms with van der Waals surface area (Å²) in [7, 11) is 0. The zero-order chi connectivity index (χ0) is 92.0. The predicted molar refractivity (Wildman–Crippen MR) is 502 cm³/mol. The smallest absolute Gasteiger partial charge is 0.343 e. The Morgan fingerprint density at radius 3 is 1.28 bits per heavy atom. The van der Waals surface area contributed by atoms with Crippen LogP contribution in [0.5, 0.6) is 57.5 Å². The number of allylic oxidation sites excluding steroid dienone is 12. The van der Waals surface area contributed by atoms with Gasteiger partial charge in [0, 0.05) is 75.2 Å². The van der Waals surface area contributed by atoms with Crippen LogP contribution in [0.2, 0.25) is 0 Å². The second kappa shape index (κ2) is 39.9. The maximum Gasteiger partial charge on any atom is 0.343 e. The lowest BCUT2D eigenvalue weighted by atomic mass is 9.67. The third kappa shape index (κ3) is 20.7. The highest BCUT2D eigenvalue weighted by Gasteiger charge is 2.50. The van der Waals surface area contributed by atoms with E-state index in [0.717, 1.165) is 154 Å². The van der Waals surface area contributed by atoms with E-state index >= 15 is 0 Å². The normalized spacial score (nSPS) is 22.3. The Bertz CT molecular complexity index is 5450. The summed E-state index contributed by atoms with van der Waals surface area (Å²) >= 11 is 0. The standard InChI is InChI=1S/C30H32O3.3C20H26O4.C19H26O2/c1-5-8-20-16-26(32-29(31)23-13-12-21-9-6-7-10-22(21)18-23)28-24-15-19(2)11-14-25(24)30(3,4)33-27(28)17-20;2*1-5-6-12-10-15-17(18(21)16(12)19(22)23)13-9-11(2)7-8-14(13)20(3,4)24-15;1-5-6-13-10-16(21)18(19(22)17(13)20(23)24)15-9-12(4)7-8-14(15)11(2)3;1-5-6-14-10-17(20)19(18(21)11-14)16-9-13(4)7-8-15(16)12(2)3/h6-7,9-13,16-18,24-25H,5,8,14-15H2,1-4H3;9-10,13-14,21H,5-8H2,1-4H3,(H,22,23);7,10,13-14,21H,5-6,8-9H2,1-4H3,(H,22,23);9-10,14-15,21-22H,2,5-8H2,1,3-4H3,(H,23,24);9-11,15-16,20-21H,2,5-8H2,1,3-4H3/t24-,25-;2*13-,14-;14-,15+;15-,16+/m11100/s1. The van der Waals surface area contributed by atoms with Crippen LogP contribution >= 0.6 is 0 Å². The molecule has 0 saturated heterocycles. The second-order valence-electron chi connectivity index (χ2n) is 38.5. The molecule has 0 spiro atoms. The first-order valence-corrected chi connectivity index (χ1v) is 45.8. The molecule has 0 bridgehead atoms. The fourth-order valence-corrected chi connectivity index (χ4v) is 21.3. The van der Waals surface area contributed by atoms with Crippen molar-refractivity contribution in [1.82, 2.24) is 0 Å². The number of aromatic carboxylic acids is 3. The molecule has 0 fully saturated rings. The maximum absolute atomic E-state index is 13.3. The Morgan fingerprint density at radius 2 is 0.810 bits per heavy atom. The van der Waals surface area contributed by atoms with Gasteiger partial charge in [0.15, 0.2) is 0 Å². The molecule has 0 radical (unpaired) electrons. The summed E-state index contributed by atoms with van der Waals surface area (Å²) in [6, 6.07) is 26.8. The van der Waals surface area contributed by atoms with Crippen molar-refractivity contribution < 1.29 is 84.1 Å². The molecular formula is C109H136O17. The van der Waals surface area contributed by atoms with Gasteiger partial charge in [0.2, 0.25) is 0 Å². The van der Waals surface area contributed by atoms with Gasteiger partial charge in [-0.1, -0.05) is 180 Å². The van der Waals surface area contributed by atoms with Gasteiger partial charge >= 0.3 is 23.9 Å². The van der Waals surface area contributed by atoms with Crippen molar-refractivity contribution in [2.24, 2.45) is 29.6 Å². The third-order valence-corrected chi connectivity index (χ3v) is 27.5. The van der Waals surface area contributed by atoms with Gasteiger partial charge in [-0.2, -0.15) is 0 Å². The van der Waals surface area contributed by atoms with Crippen molar-refractivity contribution in [3.05, 3.63) is 245 Å². The average Bonchev–Trinajstić information content (AvgIpc) is 0.741. The number of aromatic hydroxyl groups is 6. The number of fused-ring (bicyclic) bond motifs is 10. The second-order valence-corrected chi connectivity index (χ2v) is 38.5. The lowest BCUT2D eigenvalue weighted by Crippen LogP contribution is -2.45. The van der Waals surface area contributed by atoms with Gasteiger partial charge in [-0.3, -0.25) is 0 Å². The monoisotopic (exact) mass is 1720 g/mol. The average molecular weight is 1720 g/mol. The number of hydrogen-bond donors (Lipinski definition) is 9. The van der Waals surface area contributed by atoms with Crippen molar-refractivity contribution in [1.29, 1.82) is 0 Å². The minimum absolute atomic E-state index is 0.00581. The number of carboxylic acid groups (broad SMARTS) is 3. The summed E-state index contributed by atoms with van der Waals surface area (Å²) in [5, 5.41) is 94.6. The highest BCUT2D eigenvalue weighted by Crippen LogP contribution is 2.60. The number of benzene rings is 7. The van der Waals surface area contributed by atoms with E-state index in [1.165, 1.54) is 33.9 Å². The van der Waals surface area contributed by atoms with Crippen molar-refractivity contribution in [2.75, 3.05) is 0 Å². The largest absolute Gasteiger partial charge is 0.507 e. The summed E-state index contributed by atoms with van der Waals surface area (Å²) < 4.78 is 25.2. The predicted octanol–water partition coefficient (Wildman–Crippen LogP) is 26.8. The molecule has 17 nitrogen and oxygen atoms in total. The van der Waals surface area contributed by atoms with Crippen LogP contribution in [-0.2, 0) is 32.1 Å². The van der Waals surface area contributed by atoms with E-state index < -0.39 is 17.9 Å². The molecule has 7 aromatic carbocycles. The number of phenols is 6. The van der Waals surface area contributed by atoms with Gasteiger partial charge in [-0.15, -0.1) is 0 Å². The molecule has 5 aliphatic carbocycles. The molecule has 10 atom stereocenters. The Balaban J connectivity index is 0.000000154. The fourth-order valence-electron chi connectivity index (χ4n) is 21.3. The molecule has 9 N–H and O–H groups in total. The van der Waals surface area contributed by atoms with Crippen molar-refractivity contribution in [3.63, 3.8) is 0 Å². The quantitative estimate of drug-likeness (QED) is 0.0207. The Labute approximate surface area is 746 Å². The first-order chi connectivity index (χ1) is 59.6. The molecule has 17 heteroatoms. The van der Waals surface area contributed by atoms with Crippen molar-refractivity contribution in [3.8, 4) is 57.5 Å². The molecule has 0 amide bonds. The molecule has 0 aromatic heterocycles. The molecule has 674 valence electrons. The van der Waals surface area contributed by atoms with Gasteiger partial charge in [0.05, 0.1) is 5.56 Å². The molecule has 8 aliphatic rings. The zero-order valence-electron chi connectivity index (χ0n) is 77.6. The number of carbonyl (C=O) groups is 4. The Kier molecular flexibility index (Phi) is 30.3. The van der Waals surface area contributed by atoms with Crippen LogP contribution in [0.1, 0.15) is 348 Å². The number of esters is 1. The Morgan fingerprint density at radius 1 is 0.421 bits per heavy atom. The molecule has 0 unspecified atom stereocenters. The number of carbonyl (C=O) groups excluding carboxylic acids is 1. The number of aryl methyl sites for hydroxylation is 5. The topological polar surface area (TPSA) is 287 Å². The minimum atomic E-state index is -1.17. The van der Waals surface area contributed by atoms with Crippen LogP contribution < -0.4 is 18.9 Å². The van der Waals surface area contributed by atoms with Gasteiger partial charge < -0.3 is 64.9 Å². The summed E-state index contributed by atoms with van der Waals surface area (Å²) in [6.07, 6.45) is 28.4. The summed E-state index contributed by atoms with van der Waals surface area (Å²) in [5.41, 5.74) is 15.4. The van der Waals surface area contributed by atoms with Crippen LogP contribution in [0.15, 0.2) is 167 Å². The molecule has 15 rings (SSSR count). The van der Waals surface area contributed by atoms with Gasteiger partial charge in [-0.25, -0.2) is 19.2 Å². The third-order valence-electron chi connectivity index (χ3n) is 27.5. The SMILES string of the molecule is C=C(C)[C@@H]1CCC(C)=C[C@H]1c1c(O)cc(CCC)c(C(=O)O)c1O.C=C(C)[C@@H]1CCC(C)=C[C@H]1c1c(O)cc(CCC)cc1O.CCCc1cc(OC(=O)c2ccc3ccccc3c2)c2c(c1)OC(C)(C)[C@@H]1CC=C(C)C[C@@H]21.CCCc1cc2c(c(O)c1C(=O)O)[C@@H]1C=C(C)CC[C@H]1C(C)(C)O2.CCCc1cc2c(c(O)c1C(=O)O)[C@@H]1CC(C)=CC[C@H]1C(C)(C)O2. The van der Waals surface area contributed by atoms with E-state index in [-0.39, 0.29) is 127 Å². The molecular weight excluding hydrogens is 1580 g/mol. The number of hydrogen-bond acceptors (Lipinski definition) is 14. The van der Waals surface area contributed by atoms with Crippen molar-refractivity contribution in [2.45, 2.75) is 299 Å². The lowest BCUT2D eigenvalue weighted by molar-refractivity contribution is 0.00699. The van der Waals surface area contributed by atoms with Gasteiger partial charge in [0.25, 0.3) is 0 Å². The molecule has 3 aliphatic heterocycles. The van der Waals surface area contributed by atoms with E-state index in [9.17, 15) is 65.1 Å². The number of rotatable bonds is 19. The first kappa shape index (κ1) is 95.7. The van der Waals surface area contributed by atoms with Crippen LogP contribution in [0.3, 0.4) is 0 Å². The van der Waals surface area contributed by atoms with Crippen molar-refractivity contribution >= 4 is 34.6 Å². The summed E-state index contributed by atoms with van der Waals surface area (Å²) in [6.45, 7) is 45.5. The highest BCUT2D eigenvalue weighted by atomic mass is 16.5.